The Morgan fingerprint density at radius 1 is 1.22 bits per heavy atom. The molecule has 0 aliphatic rings. The fraction of sp³-hybridized carbons (Fsp3) is 0.400. The van der Waals surface area contributed by atoms with Crippen LogP contribution < -0.4 is 10.6 Å². The topological polar surface area (TPSA) is 45.7 Å². The van der Waals surface area contributed by atoms with E-state index in [2.05, 4.69) is 26.3 Å². The van der Waals surface area contributed by atoms with Gasteiger partial charge in [0.1, 0.15) is 6.61 Å². The third-order valence-electron chi connectivity index (χ3n) is 2.60. The molecule has 1 rings (SSSR count). The number of rotatable bonds is 6. The SMILES string of the molecule is C#CCNC(=NC)NCc1ccc(COCC(F)(F)F)cc1.I. The molecule has 23 heavy (non-hydrogen) atoms. The fourth-order valence-electron chi connectivity index (χ4n) is 1.58. The summed E-state index contributed by atoms with van der Waals surface area (Å²) in [5, 5.41) is 5.99. The minimum Gasteiger partial charge on any atom is -0.367 e. The first-order chi connectivity index (χ1) is 10.4. The largest absolute Gasteiger partial charge is 0.411 e. The molecule has 2 N–H and O–H groups in total. The summed E-state index contributed by atoms with van der Waals surface area (Å²) in [5.74, 6) is 3.02. The quantitative estimate of drug-likeness (QED) is 0.309. The number of nitrogens with zero attached hydrogens (tertiary/aromatic N) is 1. The molecule has 1 aromatic rings. The number of nitrogens with one attached hydrogen (secondary N) is 2. The van der Waals surface area contributed by atoms with Crippen molar-refractivity contribution in [2.75, 3.05) is 20.2 Å². The van der Waals surface area contributed by atoms with E-state index in [4.69, 9.17) is 6.42 Å². The molecule has 8 heteroatoms. The Kier molecular flexibility index (Phi) is 10.4. The summed E-state index contributed by atoms with van der Waals surface area (Å²) in [6.45, 7) is -0.421. The molecule has 0 fully saturated rings. The minimum atomic E-state index is -4.30. The zero-order chi connectivity index (χ0) is 16.4. The van der Waals surface area contributed by atoms with Gasteiger partial charge >= 0.3 is 6.18 Å². The smallest absolute Gasteiger partial charge is 0.367 e. The van der Waals surface area contributed by atoms with E-state index < -0.39 is 12.8 Å². The van der Waals surface area contributed by atoms with Gasteiger partial charge in [0.25, 0.3) is 0 Å². The van der Waals surface area contributed by atoms with E-state index in [1.807, 2.05) is 12.1 Å². The molecule has 0 bridgehead atoms. The van der Waals surface area contributed by atoms with Crippen LogP contribution in [0.25, 0.3) is 0 Å². The van der Waals surface area contributed by atoms with E-state index in [0.29, 0.717) is 24.6 Å². The van der Waals surface area contributed by atoms with Crippen LogP contribution in [0.1, 0.15) is 11.1 Å². The number of hydrogen-bond acceptors (Lipinski definition) is 2. The number of alkyl halides is 3. The van der Waals surface area contributed by atoms with Crippen molar-refractivity contribution in [2.24, 2.45) is 4.99 Å². The molecule has 0 aliphatic carbocycles. The number of benzene rings is 1. The van der Waals surface area contributed by atoms with E-state index in [1.54, 1.807) is 19.2 Å². The summed E-state index contributed by atoms with van der Waals surface area (Å²) < 4.78 is 40.5. The Balaban J connectivity index is 0.00000484. The van der Waals surface area contributed by atoms with Gasteiger partial charge in [-0.15, -0.1) is 30.4 Å². The van der Waals surface area contributed by atoms with Gasteiger partial charge in [-0.3, -0.25) is 4.99 Å². The van der Waals surface area contributed by atoms with Gasteiger partial charge in [-0.2, -0.15) is 13.2 Å². The first kappa shape index (κ1) is 21.5. The van der Waals surface area contributed by atoms with Crippen molar-refractivity contribution in [3.63, 3.8) is 0 Å². The van der Waals surface area contributed by atoms with Crippen molar-refractivity contribution in [3.05, 3.63) is 35.4 Å². The summed E-state index contributed by atoms with van der Waals surface area (Å²) in [7, 11) is 1.63. The summed E-state index contributed by atoms with van der Waals surface area (Å²) in [6, 6.07) is 7.08. The summed E-state index contributed by atoms with van der Waals surface area (Å²) in [5.41, 5.74) is 1.64. The molecule has 128 valence electrons. The highest BCUT2D eigenvalue weighted by Crippen LogP contribution is 2.15. The molecule has 0 saturated carbocycles. The van der Waals surface area contributed by atoms with Crippen molar-refractivity contribution in [3.8, 4) is 12.3 Å². The summed E-state index contributed by atoms with van der Waals surface area (Å²) in [4.78, 5) is 3.99. The van der Waals surface area contributed by atoms with Crippen LogP contribution in [-0.4, -0.2) is 32.3 Å². The lowest BCUT2D eigenvalue weighted by atomic mass is 10.1. The average Bonchev–Trinajstić information content (AvgIpc) is 2.47. The molecule has 0 heterocycles. The van der Waals surface area contributed by atoms with Crippen molar-refractivity contribution < 1.29 is 17.9 Å². The molecule has 0 saturated heterocycles. The number of halogens is 4. The standard InChI is InChI=1S/C15H18F3N3O.HI/c1-3-8-20-14(19-2)21-9-12-4-6-13(7-5-12)10-22-11-15(16,17)18;/h1,4-7H,8-11H2,2H3,(H2,19,20,21);1H. The predicted molar refractivity (Wildman–Crippen MR) is 94.6 cm³/mol. The van der Waals surface area contributed by atoms with E-state index >= 15 is 0 Å². The number of ether oxygens (including phenoxy) is 1. The number of terminal acetylenes is 1. The Hall–Kier alpha value is -1.47. The van der Waals surface area contributed by atoms with Crippen molar-refractivity contribution in [1.82, 2.24) is 10.6 Å². The van der Waals surface area contributed by atoms with Gasteiger partial charge in [-0.05, 0) is 11.1 Å². The third kappa shape index (κ3) is 10.0. The van der Waals surface area contributed by atoms with Gasteiger partial charge in [-0.25, -0.2) is 0 Å². The second kappa shape index (κ2) is 11.1. The second-order valence-electron chi connectivity index (χ2n) is 4.41. The van der Waals surface area contributed by atoms with E-state index in [-0.39, 0.29) is 30.6 Å². The lowest BCUT2D eigenvalue weighted by Gasteiger charge is -2.11. The molecule has 0 spiro atoms. The molecular formula is C15H19F3IN3O. The lowest BCUT2D eigenvalue weighted by molar-refractivity contribution is -0.176. The second-order valence-corrected chi connectivity index (χ2v) is 4.41. The van der Waals surface area contributed by atoms with E-state index in [9.17, 15) is 13.2 Å². The average molecular weight is 441 g/mol. The maximum atomic E-state index is 12.0. The molecule has 0 atom stereocenters. The fourth-order valence-corrected chi connectivity index (χ4v) is 1.58. The van der Waals surface area contributed by atoms with Gasteiger partial charge in [-0.1, -0.05) is 30.2 Å². The monoisotopic (exact) mass is 441 g/mol. The first-order valence-corrected chi connectivity index (χ1v) is 6.55. The summed E-state index contributed by atoms with van der Waals surface area (Å²) >= 11 is 0. The van der Waals surface area contributed by atoms with E-state index in [1.165, 1.54) is 0 Å². The van der Waals surface area contributed by atoms with Crippen LogP contribution in [0.5, 0.6) is 0 Å². The molecule has 0 unspecified atom stereocenters. The lowest BCUT2D eigenvalue weighted by Crippen LogP contribution is -2.36. The third-order valence-corrected chi connectivity index (χ3v) is 2.60. The summed E-state index contributed by atoms with van der Waals surface area (Å²) in [6.07, 6.45) is 0.844. The van der Waals surface area contributed by atoms with E-state index in [0.717, 1.165) is 5.56 Å². The normalized spacial score (nSPS) is 11.3. The molecule has 0 aromatic heterocycles. The Morgan fingerprint density at radius 3 is 2.35 bits per heavy atom. The zero-order valence-corrected chi connectivity index (χ0v) is 14.9. The highest BCUT2D eigenvalue weighted by molar-refractivity contribution is 14.0. The van der Waals surface area contributed by atoms with Crippen molar-refractivity contribution in [2.45, 2.75) is 19.3 Å². The van der Waals surface area contributed by atoms with Crippen LogP contribution in [0.2, 0.25) is 0 Å². The highest BCUT2D eigenvalue weighted by atomic mass is 127. The Bertz CT molecular complexity index is 524. The van der Waals surface area contributed by atoms with Crippen molar-refractivity contribution >= 4 is 29.9 Å². The van der Waals surface area contributed by atoms with Gasteiger partial charge in [0, 0.05) is 13.6 Å². The molecular weight excluding hydrogens is 422 g/mol. The maximum absolute atomic E-state index is 12.0. The van der Waals surface area contributed by atoms with Crippen LogP contribution in [0.3, 0.4) is 0 Å². The van der Waals surface area contributed by atoms with Crippen LogP contribution >= 0.6 is 24.0 Å². The minimum absolute atomic E-state index is 0. The molecule has 0 aliphatic heterocycles. The maximum Gasteiger partial charge on any atom is 0.411 e. The van der Waals surface area contributed by atoms with Crippen LogP contribution in [0.4, 0.5) is 13.2 Å². The number of aliphatic imine (C=N–C) groups is 1. The van der Waals surface area contributed by atoms with Crippen LogP contribution in [0, 0.1) is 12.3 Å². The van der Waals surface area contributed by atoms with Gasteiger partial charge in [0.2, 0.25) is 0 Å². The van der Waals surface area contributed by atoms with Crippen LogP contribution in [-0.2, 0) is 17.9 Å². The molecule has 4 nitrogen and oxygen atoms in total. The van der Waals surface area contributed by atoms with Gasteiger partial charge in [0.15, 0.2) is 5.96 Å². The van der Waals surface area contributed by atoms with Gasteiger partial charge < -0.3 is 15.4 Å². The molecule has 0 amide bonds. The predicted octanol–water partition coefficient (Wildman–Crippen LogP) is 2.68. The number of hydrogen-bond donors (Lipinski definition) is 2. The van der Waals surface area contributed by atoms with Crippen molar-refractivity contribution in [1.29, 1.82) is 0 Å². The first-order valence-electron chi connectivity index (χ1n) is 6.55. The zero-order valence-electron chi connectivity index (χ0n) is 12.6. The Morgan fingerprint density at radius 2 is 1.83 bits per heavy atom. The number of guanidine groups is 1. The highest BCUT2D eigenvalue weighted by Gasteiger charge is 2.27. The molecule has 1 aromatic carbocycles. The Labute approximate surface area is 150 Å². The van der Waals surface area contributed by atoms with Crippen LogP contribution in [0.15, 0.2) is 29.3 Å². The van der Waals surface area contributed by atoms with Gasteiger partial charge in [0.05, 0.1) is 13.2 Å². The molecule has 0 radical (unpaired) electrons.